The SMILES string of the molecule is Cc1cccc(NC(=O)CSc2nnc(-c3ccc(Br)cc3)o2)c1C. The van der Waals surface area contributed by atoms with Crippen molar-refractivity contribution in [3.05, 3.63) is 58.1 Å². The van der Waals surface area contributed by atoms with Crippen molar-refractivity contribution in [3.8, 4) is 11.5 Å². The smallest absolute Gasteiger partial charge is 0.277 e. The van der Waals surface area contributed by atoms with Crippen LogP contribution in [0.25, 0.3) is 11.5 Å². The van der Waals surface area contributed by atoms with Crippen molar-refractivity contribution in [2.75, 3.05) is 11.1 Å². The molecule has 0 spiro atoms. The lowest BCUT2D eigenvalue weighted by Crippen LogP contribution is -2.15. The van der Waals surface area contributed by atoms with E-state index < -0.39 is 0 Å². The van der Waals surface area contributed by atoms with Crippen LogP contribution in [-0.4, -0.2) is 21.9 Å². The molecule has 5 nitrogen and oxygen atoms in total. The van der Waals surface area contributed by atoms with Gasteiger partial charge in [0.05, 0.1) is 5.75 Å². The number of hydrogen-bond acceptors (Lipinski definition) is 5. The molecule has 3 aromatic rings. The van der Waals surface area contributed by atoms with Gasteiger partial charge in [-0.25, -0.2) is 0 Å². The molecule has 2 aromatic carbocycles. The molecule has 1 amide bonds. The summed E-state index contributed by atoms with van der Waals surface area (Å²) in [6.45, 7) is 4.00. The number of carbonyl (C=O) groups is 1. The number of hydrogen-bond donors (Lipinski definition) is 1. The average molecular weight is 418 g/mol. The standard InChI is InChI=1S/C18H16BrN3O2S/c1-11-4-3-5-15(12(11)2)20-16(23)10-25-18-22-21-17(24-18)13-6-8-14(19)9-7-13/h3-9H,10H2,1-2H3,(H,20,23). The molecule has 1 heterocycles. The van der Waals surface area contributed by atoms with Gasteiger partial charge in [0.25, 0.3) is 5.22 Å². The first-order valence-electron chi connectivity index (χ1n) is 7.61. The van der Waals surface area contributed by atoms with Crippen molar-refractivity contribution in [3.63, 3.8) is 0 Å². The first-order chi connectivity index (χ1) is 12.0. The molecule has 0 unspecified atom stereocenters. The van der Waals surface area contributed by atoms with Gasteiger partial charge in [0, 0.05) is 15.7 Å². The zero-order valence-electron chi connectivity index (χ0n) is 13.7. The van der Waals surface area contributed by atoms with Gasteiger partial charge in [0.15, 0.2) is 0 Å². The van der Waals surface area contributed by atoms with Crippen molar-refractivity contribution in [2.45, 2.75) is 19.1 Å². The highest BCUT2D eigenvalue weighted by Crippen LogP contribution is 2.25. The Morgan fingerprint density at radius 3 is 2.68 bits per heavy atom. The van der Waals surface area contributed by atoms with Crippen LogP contribution in [0.4, 0.5) is 5.69 Å². The lowest BCUT2D eigenvalue weighted by atomic mass is 10.1. The van der Waals surface area contributed by atoms with E-state index in [0.717, 1.165) is 26.9 Å². The molecule has 0 aliphatic heterocycles. The van der Waals surface area contributed by atoms with E-state index in [4.69, 9.17) is 4.42 Å². The molecule has 0 radical (unpaired) electrons. The van der Waals surface area contributed by atoms with Gasteiger partial charge < -0.3 is 9.73 Å². The van der Waals surface area contributed by atoms with Crippen LogP contribution in [0.5, 0.6) is 0 Å². The van der Waals surface area contributed by atoms with Gasteiger partial charge in [-0.05, 0) is 55.3 Å². The summed E-state index contributed by atoms with van der Waals surface area (Å²) in [5.41, 5.74) is 3.87. The van der Waals surface area contributed by atoms with Gasteiger partial charge in [0.2, 0.25) is 11.8 Å². The van der Waals surface area contributed by atoms with Crippen LogP contribution < -0.4 is 5.32 Å². The van der Waals surface area contributed by atoms with E-state index in [0.29, 0.717) is 11.1 Å². The average Bonchev–Trinajstić information content (AvgIpc) is 3.07. The molecule has 1 aromatic heterocycles. The molecule has 0 atom stereocenters. The Balaban J connectivity index is 1.59. The fraction of sp³-hybridized carbons (Fsp3) is 0.167. The summed E-state index contributed by atoms with van der Waals surface area (Å²) >= 11 is 4.60. The minimum Gasteiger partial charge on any atom is -0.411 e. The van der Waals surface area contributed by atoms with Gasteiger partial charge in [-0.2, -0.15) is 0 Å². The molecule has 1 N–H and O–H groups in total. The Labute approximate surface area is 158 Å². The number of nitrogens with zero attached hydrogens (tertiary/aromatic N) is 2. The number of thioether (sulfide) groups is 1. The fourth-order valence-corrected chi connectivity index (χ4v) is 3.00. The second kappa shape index (κ2) is 7.84. The third-order valence-electron chi connectivity index (χ3n) is 3.70. The molecule has 0 bridgehead atoms. The van der Waals surface area contributed by atoms with Crippen LogP contribution in [0.15, 0.2) is 56.6 Å². The molecule has 25 heavy (non-hydrogen) atoms. The number of rotatable bonds is 5. The highest BCUT2D eigenvalue weighted by Gasteiger charge is 2.12. The van der Waals surface area contributed by atoms with Gasteiger partial charge >= 0.3 is 0 Å². The number of anilines is 1. The molecule has 3 rings (SSSR count). The fourth-order valence-electron chi connectivity index (χ4n) is 2.18. The molecule has 0 aliphatic rings. The van der Waals surface area contributed by atoms with E-state index >= 15 is 0 Å². The van der Waals surface area contributed by atoms with Crippen molar-refractivity contribution >= 4 is 39.3 Å². The second-order valence-corrected chi connectivity index (χ2v) is 7.31. The number of amides is 1. The number of aryl methyl sites for hydroxylation is 1. The van der Waals surface area contributed by atoms with Crippen LogP contribution >= 0.6 is 27.7 Å². The van der Waals surface area contributed by atoms with E-state index in [-0.39, 0.29) is 11.7 Å². The Morgan fingerprint density at radius 1 is 1.16 bits per heavy atom. The Hall–Kier alpha value is -2.12. The predicted octanol–water partition coefficient (Wildman–Crippen LogP) is 4.85. The quantitative estimate of drug-likeness (QED) is 0.601. The minimum absolute atomic E-state index is 0.109. The highest BCUT2D eigenvalue weighted by molar-refractivity contribution is 9.10. The van der Waals surface area contributed by atoms with E-state index in [1.54, 1.807) is 0 Å². The first-order valence-corrected chi connectivity index (χ1v) is 9.39. The monoisotopic (exact) mass is 417 g/mol. The molecule has 7 heteroatoms. The number of aromatic nitrogens is 2. The van der Waals surface area contributed by atoms with Gasteiger partial charge in [-0.3, -0.25) is 4.79 Å². The van der Waals surface area contributed by atoms with E-state index in [1.165, 1.54) is 11.8 Å². The largest absolute Gasteiger partial charge is 0.411 e. The molecule has 0 fully saturated rings. The van der Waals surface area contributed by atoms with E-state index in [2.05, 4.69) is 31.4 Å². The molecule has 0 aliphatic carbocycles. The highest BCUT2D eigenvalue weighted by atomic mass is 79.9. The Kier molecular flexibility index (Phi) is 5.55. The molecular weight excluding hydrogens is 402 g/mol. The van der Waals surface area contributed by atoms with Crippen molar-refractivity contribution < 1.29 is 9.21 Å². The van der Waals surface area contributed by atoms with E-state index in [9.17, 15) is 4.79 Å². The zero-order valence-corrected chi connectivity index (χ0v) is 16.1. The summed E-state index contributed by atoms with van der Waals surface area (Å²) in [5, 5.41) is 11.3. The summed E-state index contributed by atoms with van der Waals surface area (Å²) < 4.78 is 6.58. The lowest BCUT2D eigenvalue weighted by Gasteiger charge is -2.09. The van der Waals surface area contributed by atoms with Crippen LogP contribution in [0.3, 0.4) is 0 Å². The summed E-state index contributed by atoms with van der Waals surface area (Å²) in [7, 11) is 0. The zero-order chi connectivity index (χ0) is 17.8. The van der Waals surface area contributed by atoms with Crippen LogP contribution in [0.1, 0.15) is 11.1 Å². The van der Waals surface area contributed by atoms with Crippen LogP contribution in [-0.2, 0) is 4.79 Å². The maximum absolute atomic E-state index is 12.1. The number of nitrogens with one attached hydrogen (secondary N) is 1. The summed E-state index contributed by atoms with van der Waals surface area (Å²) in [6.07, 6.45) is 0. The number of benzene rings is 2. The Bertz CT molecular complexity index is 894. The van der Waals surface area contributed by atoms with E-state index in [1.807, 2.05) is 56.3 Å². The summed E-state index contributed by atoms with van der Waals surface area (Å²) in [6, 6.07) is 13.4. The van der Waals surface area contributed by atoms with Crippen LogP contribution in [0, 0.1) is 13.8 Å². The Morgan fingerprint density at radius 2 is 1.92 bits per heavy atom. The summed E-state index contributed by atoms with van der Waals surface area (Å²) in [4.78, 5) is 12.1. The van der Waals surface area contributed by atoms with Crippen molar-refractivity contribution in [1.82, 2.24) is 10.2 Å². The number of carbonyl (C=O) groups excluding carboxylic acids is 1. The minimum atomic E-state index is -0.109. The maximum Gasteiger partial charge on any atom is 0.277 e. The third-order valence-corrected chi connectivity index (χ3v) is 5.05. The number of halogens is 1. The molecule has 128 valence electrons. The molecule has 0 saturated carbocycles. The maximum atomic E-state index is 12.1. The predicted molar refractivity (Wildman–Crippen MR) is 103 cm³/mol. The topological polar surface area (TPSA) is 68.0 Å². The van der Waals surface area contributed by atoms with Gasteiger partial charge in [0.1, 0.15) is 0 Å². The lowest BCUT2D eigenvalue weighted by molar-refractivity contribution is -0.113. The van der Waals surface area contributed by atoms with Crippen molar-refractivity contribution in [1.29, 1.82) is 0 Å². The molecule has 0 saturated heterocycles. The first kappa shape index (κ1) is 17.7. The normalized spacial score (nSPS) is 10.7. The van der Waals surface area contributed by atoms with Crippen molar-refractivity contribution in [2.24, 2.45) is 0 Å². The third kappa shape index (κ3) is 4.49. The van der Waals surface area contributed by atoms with Crippen LogP contribution in [0.2, 0.25) is 0 Å². The summed E-state index contributed by atoms with van der Waals surface area (Å²) in [5.74, 6) is 0.530. The van der Waals surface area contributed by atoms with Gasteiger partial charge in [-0.1, -0.05) is 39.8 Å². The van der Waals surface area contributed by atoms with Gasteiger partial charge in [-0.15, -0.1) is 10.2 Å². The molecular formula is C18H16BrN3O2S. The second-order valence-electron chi connectivity index (χ2n) is 5.46.